The molecule has 14 heavy (non-hydrogen) atoms. The quantitative estimate of drug-likeness (QED) is 0.774. The zero-order valence-corrected chi connectivity index (χ0v) is 9.58. The Kier molecular flexibility index (Phi) is 4.48. The topological polar surface area (TPSA) is 74.6 Å². The summed E-state index contributed by atoms with van der Waals surface area (Å²) in [7, 11) is -4.50. The second kappa shape index (κ2) is 4.55. The molecule has 1 aromatic rings. The van der Waals surface area contributed by atoms with E-state index in [1.54, 1.807) is 0 Å². The van der Waals surface area contributed by atoms with E-state index in [0.29, 0.717) is 0 Å². The van der Waals surface area contributed by atoms with E-state index < -0.39 is 20.8 Å². The molecule has 0 bridgehead atoms. The number of hydrogen-bond acceptors (Lipinski definition) is 3. The highest BCUT2D eigenvalue weighted by Crippen LogP contribution is 2.33. The van der Waals surface area contributed by atoms with Crippen molar-refractivity contribution in [3.8, 4) is 5.75 Å². The molecule has 0 aliphatic rings. The van der Waals surface area contributed by atoms with Crippen LogP contribution in [0.25, 0.3) is 0 Å². The van der Waals surface area contributed by atoms with Crippen LogP contribution in [0.2, 0.25) is 10.0 Å². The Labute approximate surface area is 96.6 Å². The lowest BCUT2D eigenvalue weighted by Crippen LogP contribution is -1.98. The van der Waals surface area contributed by atoms with Crippen LogP contribution in [0.3, 0.4) is 0 Å². The molecule has 2 N–H and O–H groups in total. The zero-order chi connectivity index (χ0) is 10.2. The van der Waals surface area contributed by atoms with E-state index in [-0.39, 0.29) is 22.5 Å². The Morgan fingerprint density at radius 3 is 2.14 bits per heavy atom. The molecule has 4 nitrogen and oxygen atoms in total. The monoisotopic (exact) mass is 278 g/mol. The van der Waals surface area contributed by atoms with Gasteiger partial charge in [-0.2, -0.15) is 8.42 Å². The van der Waals surface area contributed by atoms with E-state index in [1.165, 1.54) is 0 Å². The van der Waals surface area contributed by atoms with Crippen molar-refractivity contribution in [2.75, 3.05) is 0 Å². The van der Waals surface area contributed by atoms with Gasteiger partial charge in [0.25, 0.3) is 10.1 Å². The smallest absolute Gasteiger partial charge is 0.298 e. The molecule has 80 valence electrons. The average molecular weight is 280 g/mol. The molecular weight excluding hydrogens is 274 g/mol. The Morgan fingerprint density at radius 2 is 1.71 bits per heavy atom. The van der Waals surface area contributed by atoms with E-state index in [4.69, 9.17) is 32.9 Å². The van der Waals surface area contributed by atoms with Gasteiger partial charge in [0, 0.05) is 5.02 Å². The van der Waals surface area contributed by atoms with Crippen molar-refractivity contribution < 1.29 is 18.1 Å². The van der Waals surface area contributed by atoms with Crippen LogP contribution in [0.1, 0.15) is 0 Å². The number of rotatable bonds is 1. The largest absolute Gasteiger partial charge is 0.505 e. The Bertz CT molecular complexity index is 443. The summed E-state index contributed by atoms with van der Waals surface area (Å²) in [6, 6.07) is 2.06. The van der Waals surface area contributed by atoms with Gasteiger partial charge in [0.05, 0.1) is 5.02 Å². The molecule has 0 aliphatic carbocycles. The number of phenols is 1. The lowest BCUT2D eigenvalue weighted by molar-refractivity contribution is 0.443. The van der Waals surface area contributed by atoms with E-state index in [2.05, 4.69) is 0 Å². The van der Waals surface area contributed by atoms with E-state index in [1.807, 2.05) is 0 Å². The molecule has 1 rings (SSSR count). The fourth-order valence-corrected chi connectivity index (χ4v) is 1.98. The normalized spacial score (nSPS) is 10.8. The summed E-state index contributed by atoms with van der Waals surface area (Å²) in [4.78, 5) is -0.704. The van der Waals surface area contributed by atoms with Crippen LogP contribution in [0.4, 0.5) is 0 Å². The van der Waals surface area contributed by atoms with Gasteiger partial charge in [-0.25, -0.2) is 0 Å². The SMILES string of the molecule is Cl.O=S(=O)(O)c1cc(Cl)cc(Cl)c1O. The van der Waals surface area contributed by atoms with Crippen molar-refractivity contribution in [3.05, 3.63) is 22.2 Å². The van der Waals surface area contributed by atoms with Crippen molar-refractivity contribution in [3.63, 3.8) is 0 Å². The molecular formula is C6H5Cl3O4S. The second-order valence-electron chi connectivity index (χ2n) is 2.21. The van der Waals surface area contributed by atoms with Crippen LogP contribution >= 0.6 is 35.6 Å². The lowest BCUT2D eigenvalue weighted by Gasteiger charge is -2.03. The molecule has 0 atom stereocenters. The molecule has 0 aromatic heterocycles. The first-order chi connectivity index (χ1) is 5.82. The van der Waals surface area contributed by atoms with Gasteiger partial charge < -0.3 is 5.11 Å². The highest BCUT2D eigenvalue weighted by molar-refractivity contribution is 7.86. The summed E-state index contributed by atoms with van der Waals surface area (Å²) in [5.41, 5.74) is 0. The molecule has 0 amide bonds. The van der Waals surface area contributed by atoms with Gasteiger partial charge in [-0.05, 0) is 12.1 Å². The summed E-state index contributed by atoms with van der Waals surface area (Å²) in [6.45, 7) is 0. The maximum atomic E-state index is 10.6. The van der Waals surface area contributed by atoms with Gasteiger partial charge in [-0.15, -0.1) is 12.4 Å². The molecule has 0 unspecified atom stereocenters. The van der Waals surface area contributed by atoms with Crippen molar-refractivity contribution in [1.82, 2.24) is 0 Å². The second-order valence-corrected chi connectivity index (χ2v) is 4.44. The predicted molar refractivity (Wildman–Crippen MR) is 55.2 cm³/mol. The van der Waals surface area contributed by atoms with Gasteiger partial charge in [-0.3, -0.25) is 4.55 Å². The molecule has 0 saturated heterocycles. The lowest BCUT2D eigenvalue weighted by atomic mass is 10.3. The summed E-state index contributed by atoms with van der Waals surface area (Å²) >= 11 is 10.9. The zero-order valence-electron chi connectivity index (χ0n) is 6.44. The van der Waals surface area contributed by atoms with Crippen LogP contribution in [0.15, 0.2) is 17.0 Å². The Hall–Kier alpha value is -0.200. The van der Waals surface area contributed by atoms with E-state index >= 15 is 0 Å². The standard InChI is InChI=1S/C6H4Cl2O4S.ClH/c7-3-1-4(8)6(9)5(2-3)13(10,11)12;/h1-2,9H,(H,10,11,12);1H. The first-order valence-electron chi connectivity index (χ1n) is 2.98. The maximum absolute atomic E-state index is 10.6. The Morgan fingerprint density at radius 1 is 1.21 bits per heavy atom. The van der Waals surface area contributed by atoms with Gasteiger partial charge in [-0.1, -0.05) is 23.2 Å². The molecule has 1 aromatic carbocycles. The predicted octanol–water partition coefficient (Wildman–Crippen LogP) is 2.37. The molecule has 0 heterocycles. The van der Waals surface area contributed by atoms with Crippen molar-refractivity contribution in [1.29, 1.82) is 0 Å². The fourth-order valence-electron chi connectivity index (χ4n) is 0.739. The summed E-state index contributed by atoms with van der Waals surface area (Å²) in [6.07, 6.45) is 0. The van der Waals surface area contributed by atoms with Gasteiger partial charge in [0.1, 0.15) is 4.90 Å². The minimum atomic E-state index is -4.50. The summed E-state index contributed by atoms with van der Waals surface area (Å²) in [5.74, 6) is -0.714. The number of benzene rings is 1. The number of phenolic OH excluding ortho intramolecular Hbond substituents is 1. The maximum Gasteiger partial charge on any atom is 0.298 e. The van der Waals surface area contributed by atoms with Crippen molar-refractivity contribution in [2.24, 2.45) is 0 Å². The van der Waals surface area contributed by atoms with Crippen molar-refractivity contribution >= 4 is 45.7 Å². The van der Waals surface area contributed by atoms with Crippen LogP contribution < -0.4 is 0 Å². The highest BCUT2D eigenvalue weighted by atomic mass is 35.5. The fraction of sp³-hybridized carbons (Fsp3) is 0. The minimum Gasteiger partial charge on any atom is -0.505 e. The third-order valence-corrected chi connectivity index (χ3v) is 2.64. The van der Waals surface area contributed by atoms with E-state index in [0.717, 1.165) is 12.1 Å². The van der Waals surface area contributed by atoms with Crippen molar-refractivity contribution in [2.45, 2.75) is 4.90 Å². The summed E-state index contributed by atoms with van der Waals surface area (Å²) < 4.78 is 29.9. The molecule has 0 radical (unpaired) electrons. The average Bonchev–Trinajstić information content (AvgIpc) is 1.94. The minimum absolute atomic E-state index is 0. The third-order valence-electron chi connectivity index (χ3n) is 1.27. The van der Waals surface area contributed by atoms with Gasteiger partial charge >= 0.3 is 0 Å². The molecule has 0 fully saturated rings. The highest BCUT2D eigenvalue weighted by Gasteiger charge is 2.18. The molecule has 0 spiro atoms. The molecule has 0 aliphatic heterocycles. The number of hydrogen-bond donors (Lipinski definition) is 2. The van der Waals surface area contributed by atoms with Crippen LogP contribution in [-0.4, -0.2) is 18.1 Å². The number of aromatic hydroxyl groups is 1. The van der Waals surface area contributed by atoms with Gasteiger partial charge in [0.15, 0.2) is 5.75 Å². The van der Waals surface area contributed by atoms with Crippen LogP contribution in [0, 0.1) is 0 Å². The van der Waals surface area contributed by atoms with Crippen LogP contribution in [-0.2, 0) is 10.1 Å². The van der Waals surface area contributed by atoms with Crippen LogP contribution in [0.5, 0.6) is 5.75 Å². The third kappa shape index (κ3) is 2.90. The number of halogens is 3. The van der Waals surface area contributed by atoms with Gasteiger partial charge in [0.2, 0.25) is 0 Å². The first kappa shape index (κ1) is 13.8. The van der Waals surface area contributed by atoms with E-state index in [9.17, 15) is 8.42 Å². The summed E-state index contributed by atoms with van der Waals surface area (Å²) in [5, 5.41) is 8.90. The Balaban J connectivity index is 0.00000169. The first-order valence-corrected chi connectivity index (χ1v) is 5.17. The molecule has 8 heteroatoms. The molecule has 0 saturated carbocycles.